The van der Waals surface area contributed by atoms with Gasteiger partial charge in [0, 0.05) is 24.5 Å². The number of unbranched alkanes of at least 4 members (excludes halogenated alkanes) is 1. The summed E-state index contributed by atoms with van der Waals surface area (Å²) in [5, 5.41) is 3.55. The Morgan fingerprint density at radius 1 is 0.844 bits per heavy atom. The second-order valence-electron chi connectivity index (χ2n) is 11.1. The van der Waals surface area contributed by atoms with Gasteiger partial charge in [0.2, 0.25) is 11.8 Å². The first kappa shape index (κ1) is 33.7. The average molecular weight is 646 g/mol. The molecule has 236 valence electrons. The Kier molecular flexibility index (Phi) is 11.8. The van der Waals surface area contributed by atoms with Crippen LogP contribution in [0.25, 0.3) is 0 Å². The van der Waals surface area contributed by atoms with Gasteiger partial charge < -0.3 is 10.2 Å². The van der Waals surface area contributed by atoms with Crippen LogP contribution in [0, 0.1) is 13.8 Å². The molecule has 1 N–H and O–H groups in total. The van der Waals surface area contributed by atoms with E-state index >= 15 is 0 Å². The van der Waals surface area contributed by atoms with Crippen molar-refractivity contribution in [2.45, 2.75) is 57.5 Å². The summed E-state index contributed by atoms with van der Waals surface area (Å²) >= 11 is 6.15. The van der Waals surface area contributed by atoms with Crippen LogP contribution in [0.1, 0.15) is 42.0 Å². The van der Waals surface area contributed by atoms with Gasteiger partial charge in [-0.3, -0.25) is 13.9 Å². The molecule has 2 amide bonds. The van der Waals surface area contributed by atoms with Gasteiger partial charge in [0.1, 0.15) is 12.6 Å². The maximum atomic E-state index is 14.5. The maximum Gasteiger partial charge on any atom is 0.264 e. The van der Waals surface area contributed by atoms with E-state index in [1.54, 1.807) is 48.5 Å². The van der Waals surface area contributed by atoms with Gasteiger partial charge in [-0.25, -0.2) is 8.42 Å². The second kappa shape index (κ2) is 15.7. The largest absolute Gasteiger partial charge is 0.354 e. The summed E-state index contributed by atoms with van der Waals surface area (Å²) in [7, 11) is -4.15. The molecule has 0 aromatic heterocycles. The third-order valence-corrected chi connectivity index (χ3v) is 9.62. The molecule has 1 atom stereocenters. The lowest BCUT2D eigenvalue weighted by molar-refractivity contribution is -0.140. The van der Waals surface area contributed by atoms with Gasteiger partial charge in [-0.15, -0.1) is 0 Å². The highest BCUT2D eigenvalue weighted by Gasteiger charge is 2.35. The average Bonchev–Trinajstić information content (AvgIpc) is 3.03. The van der Waals surface area contributed by atoms with E-state index in [4.69, 9.17) is 11.6 Å². The molecule has 0 fully saturated rings. The number of hydrogen-bond acceptors (Lipinski definition) is 4. The summed E-state index contributed by atoms with van der Waals surface area (Å²) in [6.07, 6.45) is 1.96. The number of amides is 2. The normalized spacial score (nSPS) is 11.9. The van der Waals surface area contributed by atoms with E-state index in [9.17, 15) is 18.0 Å². The number of hydrogen-bond donors (Lipinski definition) is 1. The van der Waals surface area contributed by atoms with E-state index in [2.05, 4.69) is 5.32 Å². The molecule has 0 saturated carbocycles. The number of aryl methyl sites for hydroxylation is 2. The van der Waals surface area contributed by atoms with Crippen molar-refractivity contribution in [3.8, 4) is 0 Å². The van der Waals surface area contributed by atoms with Crippen molar-refractivity contribution >= 4 is 39.1 Å². The topological polar surface area (TPSA) is 86.8 Å². The lowest BCUT2D eigenvalue weighted by Gasteiger charge is -2.34. The van der Waals surface area contributed by atoms with Gasteiger partial charge in [0.05, 0.1) is 10.6 Å². The Morgan fingerprint density at radius 3 is 2.11 bits per heavy atom. The third-order valence-electron chi connectivity index (χ3n) is 7.60. The van der Waals surface area contributed by atoms with Crippen molar-refractivity contribution in [1.29, 1.82) is 0 Å². The van der Waals surface area contributed by atoms with Crippen molar-refractivity contribution in [2.24, 2.45) is 0 Å². The molecular weight excluding hydrogens is 606 g/mol. The number of carbonyl (C=O) groups excluding carboxylic acids is 2. The standard InChI is InChI=1S/C36H40ClN3O4S/c1-4-5-22-38-36(42)34(24-29-12-8-6-9-13-29)39(25-30-17-19-31(37)20-18-30)35(41)26-40(33-21-16-27(2)23-28(33)3)45(43,44)32-14-10-7-11-15-32/h6-21,23,34H,4-5,22,24-26H2,1-3H3,(H,38,42)/t34-/m1/s1. The molecule has 45 heavy (non-hydrogen) atoms. The fraction of sp³-hybridized carbons (Fsp3) is 0.278. The molecule has 0 aliphatic carbocycles. The van der Waals surface area contributed by atoms with E-state index in [1.165, 1.54) is 17.0 Å². The SMILES string of the molecule is CCCCNC(=O)[C@@H](Cc1ccccc1)N(Cc1ccc(Cl)cc1)C(=O)CN(c1ccc(C)cc1C)S(=O)(=O)c1ccccc1. The molecule has 0 aliphatic heterocycles. The zero-order valence-corrected chi connectivity index (χ0v) is 27.5. The van der Waals surface area contributed by atoms with Crippen molar-refractivity contribution < 1.29 is 18.0 Å². The molecule has 0 aliphatic rings. The van der Waals surface area contributed by atoms with E-state index in [0.717, 1.165) is 33.8 Å². The number of anilines is 1. The number of sulfonamides is 1. The fourth-order valence-corrected chi connectivity index (χ4v) is 6.79. The first-order valence-electron chi connectivity index (χ1n) is 15.1. The number of nitrogens with zero attached hydrogens (tertiary/aromatic N) is 2. The molecule has 7 nitrogen and oxygen atoms in total. The minimum atomic E-state index is -4.15. The smallest absolute Gasteiger partial charge is 0.264 e. The summed E-state index contributed by atoms with van der Waals surface area (Å²) in [6.45, 7) is 5.85. The molecule has 4 aromatic carbocycles. The number of nitrogens with one attached hydrogen (secondary N) is 1. The Morgan fingerprint density at radius 2 is 1.49 bits per heavy atom. The zero-order chi connectivity index (χ0) is 32.4. The monoisotopic (exact) mass is 645 g/mol. The molecule has 9 heteroatoms. The Balaban J connectivity index is 1.80. The van der Waals surface area contributed by atoms with Crippen LogP contribution >= 0.6 is 11.6 Å². The summed E-state index contributed by atoms with van der Waals surface area (Å²) < 4.78 is 29.5. The number of halogens is 1. The zero-order valence-electron chi connectivity index (χ0n) is 25.9. The van der Waals surface area contributed by atoms with Crippen molar-refractivity contribution in [1.82, 2.24) is 10.2 Å². The lowest BCUT2D eigenvalue weighted by atomic mass is 10.0. The summed E-state index contributed by atoms with van der Waals surface area (Å²) in [5.41, 5.74) is 3.72. The van der Waals surface area contributed by atoms with Crippen molar-refractivity contribution in [3.05, 3.63) is 130 Å². The van der Waals surface area contributed by atoms with Crippen LogP contribution in [0.5, 0.6) is 0 Å². The second-order valence-corrected chi connectivity index (χ2v) is 13.4. The first-order chi connectivity index (χ1) is 21.6. The van der Waals surface area contributed by atoms with E-state index in [1.807, 2.05) is 63.2 Å². The quantitative estimate of drug-likeness (QED) is 0.155. The number of rotatable bonds is 14. The van der Waals surface area contributed by atoms with Crippen LogP contribution in [-0.4, -0.2) is 44.3 Å². The van der Waals surface area contributed by atoms with E-state index < -0.39 is 28.5 Å². The van der Waals surface area contributed by atoms with Gasteiger partial charge in [-0.1, -0.05) is 103 Å². The van der Waals surface area contributed by atoms with Crippen molar-refractivity contribution in [3.63, 3.8) is 0 Å². The van der Waals surface area contributed by atoms with Crippen LogP contribution in [0.2, 0.25) is 5.02 Å². The minimum absolute atomic E-state index is 0.0696. The fourth-order valence-electron chi connectivity index (χ4n) is 5.16. The van der Waals surface area contributed by atoms with E-state index in [-0.39, 0.29) is 23.8 Å². The highest BCUT2D eigenvalue weighted by atomic mass is 35.5. The van der Waals surface area contributed by atoms with Gasteiger partial charge in [0.15, 0.2) is 0 Å². The van der Waals surface area contributed by atoms with Crippen LogP contribution in [-0.2, 0) is 32.6 Å². The molecular formula is C36H40ClN3O4S. The highest BCUT2D eigenvalue weighted by Crippen LogP contribution is 2.28. The van der Waals surface area contributed by atoms with Crippen LogP contribution in [0.4, 0.5) is 5.69 Å². The van der Waals surface area contributed by atoms with Crippen LogP contribution in [0.3, 0.4) is 0 Å². The molecule has 4 aromatic rings. The Labute approximate surface area is 271 Å². The predicted octanol–water partition coefficient (Wildman–Crippen LogP) is 6.71. The van der Waals surface area contributed by atoms with E-state index in [0.29, 0.717) is 22.8 Å². The molecule has 0 radical (unpaired) electrons. The summed E-state index contributed by atoms with van der Waals surface area (Å²) in [5.74, 6) is -0.797. The maximum absolute atomic E-state index is 14.5. The number of carbonyl (C=O) groups is 2. The van der Waals surface area contributed by atoms with Crippen LogP contribution in [0.15, 0.2) is 108 Å². The highest BCUT2D eigenvalue weighted by molar-refractivity contribution is 7.92. The molecule has 0 saturated heterocycles. The summed E-state index contributed by atoms with van der Waals surface area (Å²) in [4.78, 5) is 29.9. The van der Waals surface area contributed by atoms with Gasteiger partial charge in [-0.05, 0) is 67.3 Å². The predicted molar refractivity (Wildman–Crippen MR) is 181 cm³/mol. The molecule has 0 heterocycles. The molecule has 0 unspecified atom stereocenters. The van der Waals surface area contributed by atoms with Gasteiger partial charge >= 0.3 is 0 Å². The minimum Gasteiger partial charge on any atom is -0.354 e. The molecule has 0 bridgehead atoms. The molecule has 0 spiro atoms. The third kappa shape index (κ3) is 8.96. The van der Waals surface area contributed by atoms with Gasteiger partial charge in [0.25, 0.3) is 10.0 Å². The van der Waals surface area contributed by atoms with Crippen LogP contribution < -0.4 is 9.62 Å². The number of benzene rings is 4. The first-order valence-corrected chi connectivity index (χ1v) is 16.9. The lowest BCUT2D eigenvalue weighted by Crippen LogP contribution is -2.53. The van der Waals surface area contributed by atoms with Crippen molar-refractivity contribution in [2.75, 3.05) is 17.4 Å². The van der Waals surface area contributed by atoms with Gasteiger partial charge in [-0.2, -0.15) is 0 Å². The Hall–Kier alpha value is -4.14. The summed E-state index contributed by atoms with van der Waals surface area (Å²) in [6, 6.07) is 29.2. The Bertz CT molecular complexity index is 1680. The molecule has 4 rings (SSSR count).